The summed E-state index contributed by atoms with van der Waals surface area (Å²) in [6.07, 6.45) is -0.875. The second-order valence-corrected chi connectivity index (χ2v) is 19.8. The lowest BCUT2D eigenvalue weighted by atomic mass is 9.96. The number of benzene rings is 2. The molecule has 2 heterocycles. The van der Waals surface area contributed by atoms with Gasteiger partial charge in [0.2, 0.25) is 65.0 Å². The largest absolute Gasteiger partial charge is 0.508 e. The molecular formula is C46H63N11O12S2. The van der Waals surface area contributed by atoms with E-state index in [-0.39, 0.29) is 55.9 Å². The highest BCUT2D eigenvalue weighted by molar-refractivity contribution is 8.76. The number of nitrogens with one attached hydrogen (secondary N) is 7. The highest BCUT2D eigenvalue weighted by Crippen LogP contribution is 2.26. The number of hydrogen-bond acceptors (Lipinski definition) is 14. The number of amides is 11. The van der Waals surface area contributed by atoms with Crippen LogP contribution in [0, 0.1) is 5.92 Å². The highest BCUT2D eigenvalue weighted by atomic mass is 33.1. The Morgan fingerprint density at radius 1 is 0.775 bits per heavy atom. The number of primary amides is 3. The molecule has 23 nitrogen and oxygen atoms in total. The van der Waals surface area contributed by atoms with Crippen LogP contribution in [0.25, 0.3) is 0 Å². The van der Waals surface area contributed by atoms with Crippen LogP contribution in [0.1, 0.15) is 69.9 Å². The number of likely N-dealkylation sites (tertiary alicyclic amines) is 1. The van der Waals surface area contributed by atoms with Crippen LogP contribution in [-0.2, 0) is 65.6 Å². The van der Waals surface area contributed by atoms with E-state index in [0.29, 0.717) is 24.0 Å². The van der Waals surface area contributed by atoms with Gasteiger partial charge in [-0.15, -0.1) is 0 Å². The average molecular weight is 1030 g/mol. The van der Waals surface area contributed by atoms with Crippen LogP contribution < -0.4 is 54.4 Å². The maximum Gasteiger partial charge on any atom is 0.246 e. The van der Waals surface area contributed by atoms with Gasteiger partial charge in [0.25, 0.3) is 0 Å². The molecule has 0 unspecified atom stereocenters. The van der Waals surface area contributed by atoms with Crippen LogP contribution in [0.4, 0.5) is 0 Å². The summed E-state index contributed by atoms with van der Waals surface area (Å²) in [6, 6.07) is 5.09. The molecule has 8 atom stereocenters. The molecule has 2 aromatic carbocycles. The Morgan fingerprint density at radius 3 is 2.08 bits per heavy atom. The maximum absolute atomic E-state index is 14.6. The molecule has 2 aliphatic rings. The van der Waals surface area contributed by atoms with Crippen molar-refractivity contribution in [2.45, 2.75) is 114 Å². The molecular weight excluding hydrogens is 963 g/mol. The Bertz CT molecular complexity index is 2260. The zero-order valence-corrected chi connectivity index (χ0v) is 41.1. The van der Waals surface area contributed by atoms with Gasteiger partial charge in [0, 0.05) is 43.7 Å². The van der Waals surface area contributed by atoms with Crippen LogP contribution >= 0.6 is 21.6 Å². The molecule has 2 fully saturated rings. The van der Waals surface area contributed by atoms with E-state index in [1.54, 1.807) is 56.3 Å². The number of aromatic hydroxyl groups is 1. The molecule has 386 valence electrons. The lowest BCUT2D eigenvalue weighted by Crippen LogP contribution is -2.61. The fourth-order valence-corrected chi connectivity index (χ4v) is 9.83. The summed E-state index contributed by atoms with van der Waals surface area (Å²) in [4.78, 5) is 149. The monoisotopic (exact) mass is 1030 g/mol. The summed E-state index contributed by atoms with van der Waals surface area (Å²) in [7, 11) is 2.23. The normalized spacial score (nSPS) is 22.7. The summed E-state index contributed by atoms with van der Waals surface area (Å²) in [5.41, 5.74) is 17.4. The Morgan fingerprint density at radius 2 is 1.44 bits per heavy atom. The molecule has 0 bridgehead atoms. The second kappa shape index (κ2) is 28.1. The van der Waals surface area contributed by atoms with Crippen molar-refractivity contribution in [2.75, 3.05) is 24.6 Å². The van der Waals surface area contributed by atoms with Crippen molar-refractivity contribution in [3.8, 4) is 5.75 Å². The molecule has 14 N–H and O–H groups in total. The number of hydrogen-bond donors (Lipinski definition) is 11. The minimum absolute atomic E-state index is 0.0210. The van der Waals surface area contributed by atoms with Crippen LogP contribution in [0.5, 0.6) is 5.75 Å². The third-order valence-electron chi connectivity index (χ3n) is 11.7. The zero-order valence-electron chi connectivity index (χ0n) is 39.4. The van der Waals surface area contributed by atoms with Crippen molar-refractivity contribution >= 4 is 86.6 Å². The molecule has 2 saturated heterocycles. The summed E-state index contributed by atoms with van der Waals surface area (Å²) >= 11 is 0. The fraction of sp³-hybridized carbons (Fsp3) is 0.500. The van der Waals surface area contributed by atoms with Gasteiger partial charge in [-0.2, -0.15) is 0 Å². The number of rotatable bonds is 17. The third-order valence-corrected chi connectivity index (χ3v) is 14.1. The topological polar surface area (TPSA) is 374 Å². The molecule has 0 spiro atoms. The van der Waals surface area contributed by atoms with Crippen molar-refractivity contribution < 1.29 is 57.8 Å². The van der Waals surface area contributed by atoms with Crippen molar-refractivity contribution in [3.63, 3.8) is 0 Å². The van der Waals surface area contributed by atoms with E-state index in [9.17, 15) is 57.8 Å². The van der Waals surface area contributed by atoms with Crippen molar-refractivity contribution in [1.82, 2.24) is 42.1 Å². The third kappa shape index (κ3) is 18.4. The van der Waals surface area contributed by atoms with Gasteiger partial charge < -0.3 is 64.4 Å². The standard InChI is InChI=1S/C46H63N11O12S2/c1-3-25(2)39-45(68)52-29(15-16-35(47)59)41(64)53-32(22-36(48)60)42(65)55-33(24-71-70-19-17-38(62)51-31(43(66)56-39)21-27-11-13-28(58)14-12-27)46(69)57-18-7-10-34(57)44(67)54-30(40(63)50-23-37(49)61)20-26-8-5-4-6-9-26/h4-6,8-9,11-14,25,29-34,39,58H,3,7,10,15-24H2,1-2H3,(H2,47,59)(H2,48,60)(H2,49,61)(H,50,63)(H,51,62)(H,52,68)(H,53,64)(H,54,67)(H,55,65)(H,56,66)/t25-,29-,30-,31-,32-,33-,34-,39-/m0/s1. The van der Waals surface area contributed by atoms with Crippen LogP contribution in [-0.4, -0.2) is 142 Å². The molecule has 0 aliphatic carbocycles. The molecule has 2 aromatic rings. The predicted octanol–water partition coefficient (Wildman–Crippen LogP) is -2.35. The van der Waals surface area contributed by atoms with E-state index in [4.69, 9.17) is 17.2 Å². The van der Waals surface area contributed by atoms with Crippen molar-refractivity contribution in [2.24, 2.45) is 23.1 Å². The number of carbonyl (C=O) groups is 11. The first-order chi connectivity index (χ1) is 33.8. The number of nitrogens with two attached hydrogens (primary N) is 3. The van der Waals surface area contributed by atoms with E-state index in [1.807, 2.05) is 0 Å². The molecule has 4 rings (SSSR count). The summed E-state index contributed by atoms with van der Waals surface area (Å²) < 4.78 is 0. The average Bonchev–Trinajstić information content (AvgIpc) is 3.83. The Balaban J connectivity index is 1.67. The molecule has 0 saturated carbocycles. The minimum atomic E-state index is -1.74. The molecule has 0 aromatic heterocycles. The van der Waals surface area contributed by atoms with E-state index in [0.717, 1.165) is 21.6 Å². The first kappa shape index (κ1) is 56.7. The molecule has 71 heavy (non-hydrogen) atoms. The van der Waals surface area contributed by atoms with Gasteiger partial charge in [0.1, 0.15) is 48.0 Å². The van der Waals surface area contributed by atoms with Gasteiger partial charge >= 0.3 is 0 Å². The minimum Gasteiger partial charge on any atom is -0.508 e. The van der Waals surface area contributed by atoms with Gasteiger partial charge in [-0.3, -0.25) is 52.7 Å². The highest BCUT2D eigenvalue weighted by Gasteiger charge is 2.41. The first-order valence-corrected chi connectivity index (χ1v) is 25.6. The van der Waals surface area contributed by atoms with Gasteiger partial charge in [-0.1, -0.05) is 84.3 Å². The van der Waals surface area contributed by atoms with Gasteiger partial charge in [0.15, 0.2) is 0 Å². The predicted molar refractivity (Wildman–Crippen MR) is 262 cm³/mol. The lowest BCUT2D eigenvalue weighted by Gasteiger charge is -2.31. The number of phenols is 1. The lowest BCUT2D eigenvalue weighted by molar-refractivity contribution is -0.142. The molecule has 11 amide bonds. The number of nitrogens with zero attached hydrogens (tertiary/aromatic N) is 1. The smallest absolute Gasteiger partial charge is 0.246 e. The maximum atomic E-state index is 14.6. The van der Waals surface area contributed by atoms with Crippen LogP contribution in [0.2, 0.25) is 0 Å². The van der Waals surface area contributed by atoms with Crippen molar-refractivity contribution in [3.05, 3.63) is 65.7 Å². The Hall–Kier alpha value is -6.89. The van der Waals surface area contributed by atoms with Crippen LogP contribution in [0.3, 0.4) is 0 Å². The summed E-state index contributed by atoms with van der Waals surface area (Å²) in [5.74, 6) is -9.69. The van der Waals surface area contributed by atoms with E-state index in [1.165, 1.54) is 17.0 Å². The van der Waals surface area contributed by atoms with E-state index in [2.05, 4.69) is 37.2 Å². The summed E-state index contributed by atoms with van der Waals surface area (Å²) in [6.45, 7) is 2.99. The van der Waals surface area contributed by atoms with Gasteiger partial charge in [-0.05, 0) is 48.4 Å². The molecule has 2 aliphatic heterocycles. The number of phenolic OH excluding ortho intramolecular Hbond substituents is 1. The van der Waals surface area contributed by atoms with E-state index < -0.39 is 133 Å². The van der Waals surface area contributed by atoms with Gasteiger partial charge in [0.05, 0.1) is 13.0 Å². The van der Waals surface area contributed by atoms with Gasteiger partial charge in [-0.25, -0.2) is 0 Å². The summed E-state index contributed by atoms with van der Waals surface area (Å²) in [5, 5.41) is 27.9. The SMILES string of the molecule is CC[C@H](C)[C@@H]1NC(=O)[C@H](Cc2ccc(O)cc2)NC(=O)CCSSC[C@@H](C(=O)N2CCC[C@H]2C(=O)N[C@@H](Cc2ccccc2)C(=O)NCC(N)=O)NC(=O)[C@H](CC(N)=O)NC(=O)[C@H](CCC(N)=O)NC1=O. The van der Waals surface area contributed by atoms with Crippen molar-refractivity contribution in [1.29, 1.82) is 0 Å². The Kier molecular flexibility index (Phi) is 22.4. The zero-order chi connectivity index (χ0) is 52.2. The number of carbonyl (C=O) groups excluding carboxylic acids is 11. The molecule has 25 heteroatoms. The van der Waals surface area contributed by atoms with Crippen LogP contribution in [0.15, 0.2) is 54.6 Å². The van der Waals surface area contributed by atoms with E-state index >= 15 is 0 Å². The quantitative estimate of drug-likeness (QED) is 0.0740. The second-order valence-electron chi connectivity index (χ2n) is 17.2. The molecule has 0 radical (unpaired) electrons. The Labute approximate surface area is 418 Å². The first-order valence-electron chi connectivity index (χ1n) is 23.1. The fourth-order valence-electron chi connectivity index (χ4n) is 7.68.